The average molecular weight is 426 g/mol. The first-order valence-electron chi connectivity index (χ1n) is 9.35. The van der Waals surface area contributed by atoms with E-state index in [2.05, 4.69) is 4.99 Å². The summed E-state index contributed by atoms with van der Waals surface area (Å²) >= 11 is 6.17. The molecule has 0 saturated carbocycles. The van der Waals surface area contributed by atoms with Crippen LogP contribution in [0.5, 0.6) is 11.5 Å². The van der Waals surface area contributed by atoms with Gasteiger partial charge in [-0.2, -0.15) is 0 Å². The van der Waals surface area contributed by atoms with Crippen LogP contribution in [-0.2, 0) is 19.1 Å². The number of halogens is 1. The molecule has 1 unspecified atom stereocenters. The number of aliphatic imine (C=N–C) groups is 1. The van der Waals surface area contributed by atoms with Gasteiger partial charge in [0.25, 0.3) is 0 Å². The number of benzene rings is 1. The van der Waals surface area contributed by atoms with Gasteiger partial charge >= 0.3 is 17.9 Å². The highest BCUT2D eigenvalue weighted by molar-refractivity contribution is 6.31. The zero-order valence-corrected chi connectivity index (χ0v) is 18.6. The molecule has 0 fully saturated rings. The molecule has 0 heterocycles. The minimum Gasteiger partial charge on any atom is -0.467 e. The Morgan fingerprint density at radius 2 is 1.48 bits per heavy atom. The number of carbonyl (C=O) groups excluding carboxylic acids is 3. The maximum atomic E-state index is 12.2. The van der Waals surface area contributed by atoms with Crippen molar-refractivity contribution < 1.29 is 28.6 Å². The Labute approximate surface area is 176 Å². The van der Waals surface area contributed by atoms with Gasteiger partial charge in [-0.3, -0.25) is 14.6 Å². The number of esters is 3. The molecule has 0 N–H and O–H groups in total. The lowest BCUT2D eigenvalue weighted by Crippen LogP contribution is -2.26. The van der Waals surface area contributed by atoms with Gasteiger partial charge in [0.2, 0.25) is 0 Å². The van der Waals surface area contributed by atoms with E-state index in [1.54, 1.807) is 27.7 Å². The maximum Gasteiger partial charge on any atom is 0.330 e. The van der Waals surface area contributed by atoms with Gasteiger partial charge < -0.3 is 14.2 Å². The van der Waals surface area contributed by atoms with E-state index in [0.29, 0.717) is 5.56 Å². The molecule has 0 aliphatic rings. The second-order valence-electron chi connectivity index (χ2n) is 7.46. The van der Waals surface area contributed by atoms with E-state index in [1.807, 2.05) is 13.8 Å². The van der Waals surface area contributed by atoms with E-state index in [9.17, 15) is 14.4 Å². The first kappa shape index (κ1) is 24.6. The number of rotatable bonds is 8. The van der Waals surface area contributed by atoms with Crippen molar-refractivity contribution in [3.05, 3.63) is 22.7 Å². The summed E-state index contributed by atoms with van der Waals surface area (Å²) in [6.07, 6.45) is 1.36. The van der Waals surface area contributed by atoms with Crippen molar-refractivity contribution in [3.63, 3.8) is 0 Å². The van der Waals surface area contributed by atoms with Crippen LogP contribution in [0.15, 0.2) is 17.1 Å². The molecule has 7 nitrogen and oxygen atoms in total. The number of hydrogen-bond acceptors (Lipinski definition) is 7. The predicted molar refractivity (Wildman–Crippen MR) is 111 cm³/mol. The highest BCUT2D eigenvalue weighted by Gasteiger charge is 2.24. The minimum atomic E-state index is -0.755. The van der Waals surface area contributed by atoms with E-state index in [0.717, 1.165) is 0 Å². The number of hydrogen-bond donors (Lipinski definition) is 0. The van der Waals surface area contributed by atoms with E-state index in [4.69, 9.17) is 25.8 Å². The maximum absolute atomic E-state index is 12.2. The normalized spacial score (nSPS) is 12.5. The molecule has 1 aromatic rings. The van der Waals surface area contributed by atoms with E-state index in [-0.39, 0.29) is 22.4 Å². The quantitative estimate of drug-likeness (QED) is 0.354. The van der Waals surface area contributed by atoms with Crippen molar-refractivity contribution in [2.75, 3.05) is 7.11 Å². The summed E-state index contributed by atoms with van der Waals surface area (Å²) in [6.45, 7) is 10.4. The topological polar surface area (TPSA) is 91.3 Å². The SMILES string of the molecule is COC(=O)C(N=Cc1cc(Cl)cc(OC(=O)C(C)C)c1OC(=O)C(C)C)C(C)C. The molecule has 0 spiro atoms. The first-order chi connectivity index (χ1) is 13.5. The molecule has 0 aliphatic heterocycles. The zero-order valence-electron chi connectivity index (χ0n) is 17.8. The van der Waals surface area contributed by atoms with Crippen molar-refractivity contribution in [3.8, 4) is 11.5 Å². The number of nitrogens with zero attached hydrogens (tertiary/aromatic N) is 1. The van der Waals surface area contributed by atoms with Crippen LogP contribution in [0.4, 0.5) is 0 Å². The number of ether oxygens (including phenoxy) is 3. The van der Waals surface area contributed by atoms with Gasteiger partial charge in [-0.25, -0.2) is 4.79 Å². The van der Waals surface area contributed by atoms with Gasteiger partial charge in [0.05, 0.1) is 18.9 Å². The van der Waals surface area contributed by atoms with Gasteiger partial charge in [0.1, 0.15) is 6.04 Å². The van der Waals surface area contributed by atoms with Crippen molar-refractivity contribution in [1.82, 2.24) is 0 Å². The summed E-state index contributed by atoms with van der Waals surface area (Å²) in [4.78, 5) is 40.5. The van der Waals surface area contributed by atoms with Crippen LogP contribution < -0.4 is 9.47 Å². The highest BCUT2D eigenvalue weighted by atomic mass is 35.5. The zero-order chi connectivity index (χ0) is 22.3. The van der Waals surface area contributed by atoms with Crippen LogP contribution in [0.25, 0.3) is 0 Å². The van der Waals surface area contributed by atoms with Crippen molar-refractivity contribution >= 4 is 35.7 Å². The lowest BCUT2D eigenvalue weighted by atomic mass is 10.1. The van der Waals surface area contributed by atoms with Crippen LogP contribution >= 0.6 is 11.6 Å². The molecule has 1 rings (SSSR count). The highest BCUT2D eigenvalue weighted by Crippen LogP contribution is 2.35. The number of methoxy groups -OCH3 is 1. The van der Waals surface area contributed by atoms with E-state index < -0.39 is 35.8 Å². The van der Waals surface area contributed by atoms with Gasteiger partial charge in [-0.1, -0.05) is 53.1 Å². The Hall–Kier alpha value is -2.41. The first-order valence-corrected chi connectivity index (χ1v) is 9.73. The second-order valence-corrected chi connectivity index (χ2v) is 7.90. The Bertz CT molecular complexity index is 786. The predicted octanol–water partition coefficient (Wildman–Crippen LogP) is 4.08. The molecule has 0 amide bonds. The molecule has 0 saturated heterocycles. The average Bonchev–Trinajstić information content (AvgIpc) is 2.63. The summed E-state index contributed by atoms with van der Waals surface area (Å²) < 4.78 is 15.6. The molecule has 0 aromatic heterocycles. The second kappa shape index (κ2) is 11.0. The van der Waals surface area contributed by atoms with Crippen molar-refractivity contribution in [1.29, 1.82) is 0 Å². The summed E-state index contributed by atoms with van der Waals surface area (Å²) in [7, 11) is 1.28. The molecule has 1 aromatic carbocycles. The third-order valence-corrected chi connectivity index (χ3v) is 4.07. The lowest BCUT2D eigenvalue weighted by molar-refractivity contribution is -0.143. The molecule has 0 radical (unpaired) electrons. The molecule has 160 valence electrons. The number of carbonyl (C=O) groups is 3. The van der Waals surface area contributed by atoms with Gasteiger partial charge in [-0.05, 0) is 12.0 Å². The fourth-order valence-corrected chi connectivity index (χ4v) is 2.32. The lowest BCUT2D eigenvalue weighted by Gasteiger charge is -2.17. The van der Waals surface area contributed by atoms with Crippen molar-refractivity contribution in [2.45, 2.75) is 47.6 Å². The van der Waals surface area contributed by atoms with E-state index >= 15 is 0 Å². The molecule has 8 heteroatoms. The molecule has 0 aliphatic carbocycles. The van der Waals surface area contributed by atoms with E-state index in [1.165, 1.54) is 25.5 Å². The molecule has 1 atom stereocenters. The van der Waals surface area contributed by atoms with Gasteiger partial charge in [0, 0.05) is 22.9 Å². The summed E-state index contributed by atoms with van der Waals surface area (Å²) in [5, 5.41) is 0.251. The Kier molecular flexibility index (Phi) is 9.30. The van der Waals surface area contributed by atoms with Crippen LogP contribution in [0, 0.1) is 17.8 Å². The molecule has 0 bridgehead atoms. The van der Waals surface area contributed by atoms with Crippen LogP contribution in [0.3, 0.4) is 0 Å². The van der Waals surface area contributed by atoms with Gasteiger partial charge in [-0.15, -0.1) is 0 Å². The third-order valence-electron chi connectivity index (χ3n) is 3.85. The third kappa shape index (κ3) is 7.16. The molecule has 29 heavy (non-hydrogen) atoms. The summed E-state index contributed by atoms with van der Waals surface area (Å²) in [6, 6.07) is 2.15. The Morgan fingerprint density at radius 3 is 1.97 bits per heavy atom. The Balaban J connectivity index is 3.48. The Morgan fingerprint density at radius 1 is 0.931 bits per heavy atom. The van der Waals surface area contributed by atoms with Gasteiger partial charge in [0.15, 0.2) is 11.5 Å². The smallest absolute Gasteiger partial charge is 0.330 e. The minimum absolute atomic E-state index is 0.00538. The largest absolute Gasteiger partial charge is 0.467 e. The van der Waals surface area contributed by atoms with Crippen LogP contribution in [0.2, 0.25) is 5.02 Å². The van der Waals surface area contributed by atoms with Crippen molar-refractivity contribution in [2.24, 2.45) is 22.7 Å². The standard InChI is InChI=1S/C21H28ClNO6/c1-11(2)17(21(26)27-7)23-10-14-8-15(22)9-16(28-19(24)12(3)4)18(14)29-20(25)13(5)6/h8-13,17H,1-7H3. The molecular formula is C21H28ClNO6. The van der Waals surface area contributed by atoms with Crippen LogP contribution in [0.1, 0.15) is 47.1 Å². The summed E-state index contributed by atoms with van der Waals surface area (Å²) in [5.41, 5.74) is 0.299. The fourth-order valence-electron chi connectivity index (χ4n) is 2.10. The monoisotopic (exact) mass is 425 g/mol. The fraction of sp³-hybridized carbons (Fsp3) is 0.524. The molecular weight excluding hydrogens is 398 g/mol. The summed E-state index contributed by atoms with van der Waals surface area (Å²) in [5.74, 6) is -2.44. The van der Waals surface area contributed by atoms with Crippen LogP contribution in [-0.4, -0.2) is 37.3 Å².